The molecule has 0 bridgehead atoms. The molecule has 0 radical (unpaired) electrons. The molecule has 2 amide bonds. The van der Waals surface area contributed by atoms with Gasteiger partial charge in [-0.05, 0) is 52.3 Å². The summed E-state index contributed by atoms with van der Waals surface area (Å²) in [4.78, 5) is 38.1. The molecular weight excluding hydrogens is 462 g/mol. The van der Waals surface area contributed by atoms with Crippen molar-refractivity contribution in [1.29, 1.82) is 0 Å². The van der Waals surface area contributed by atoms with Crippen LogP contribution in [0.2, 0.25) is 0 Å². The summed E-state index contributed by atoms with van der Waals surface area (Å²) in [5.41, 5.74) is 1.17. The van der Waals surface area contributed by atoms with Crippen molar-refractivity contribution in [3.63, 3.8) is 0 Å². The molecular formula is C25H33N7O4. The van der Waals surface area contributed by atoms with Crippen molar-refractivity contribution in [1.82, 2.24) is 24.6 Å². The molecule has 4 rings (SSSR count). The number of nitrogens with one attached hydrogen (secondary N) is 1. The number of carbonyl (C=O) groups excluding carboxylic acids is 2. The van der Waals surface area contributed by atoms with E-state index in [0.717, 1.165) is 17.3 Å². The second kappa shape index (κ2) is 10.00. The maximum absolute atomic E-state index is 13.1. The van der Waals surface area contributed by atoms with Gasteiger partial charge in [-0.25, -0.2) is 9.78 Å². The molecule has 1 saturated heterocycles. The van der Waals surface area contributed by atoms with Crippen molar-refractivity contribution in [2.45, 2.75) is 45.8 Å². The molecule has 0 spiro atoms. The quantitative estimate of drug-likeness (QED) is 0.553. The number of ether oxygens (including phenoxy) is 2. The first-order valence-corrected chi connectivity index (χ1v) is 12.0. The van der Waals surface area contributed by atoms with Crippen LogP contribution in [-0.4, -0.2) is 75.0 Å². The van der Waals surface area contributed by atoms with E-state index in [1.54, 1.807) is 22.7 Å². The molecule has 3 aromatic rings. The van der Waals surface area contributed by atoms with Crippen LogP contribution in [0.3, 0.4) is 0 Å². The lowest BCUT2D eigenvalue weighted by Crippen LogP contribution is -2.42. The first-order valence-electron chi connectivity index (χ1n) is 12.0. The average Bonchev–Trinajstić information content (AvgIpc) is 3.43. The van der Waals surface area contributed by atoms with Crippen molar-refractivity contribution in [3.05, 3.63) is 36.2 Å². The Labute approximate surface area is 210 Å². The highest BCUT2D eigenvalue weighted by atomic mass is 16.6. The fraction of sp³-hybridized carbons (Fsp3) is 0.480. The van der Waals surface area contributed by atoms with Crippen LogP contribution in [0.25, 0.3) is 10.9 Å². The number of aryl methyl sites for hydroxylation is 1. The standard InChI is InChI=1S/C25H33N7O4/c1-7-35-22-19(21(33)27-17-8-9-20-16(12-17)14-30(5)29-20)13-26-23(28-22)32-11-10-18(15-32)31(6)24(34)36-25(2,3)4/h8-9,12-14,18H,7,10-11,15H2,1-6H3,(H,27,33)/t18-/m0/s1. The van der Waals surface area contributed by atoms with Gasteiger partial charge in [-0.3, -0.25) is 9.48 Å². The number of carbonyl (C=O) groups is 2. The lowest BCUT2D eigenvalue weighted by atomic mass is 10.2. The monoisotopic (exact) mass is 495 g/mol. The number of likely N-dealkylation sites (N-methyl/N-ethyl adjacent to an activating group) is 1. The normalized spacial score (nSPS) is 15.7. The van der Waals surface area contributed by atoms with Crippen LogP contribution < -0.4 is 15.0 Å². The number of fused-ring (bicyclic) bond motifs is 1. The van der Waals surface area contributed by atoms with E-state index >= 15 is 0 Å². The first-order chi connectivity index (χ1) is 17.0. The van der Waals surface area contributed by atoms with Gasteiger partial charge in [0.2, 0.25) is 11.8 Å². The maximum atomic E-state index is 13.1. The number of amides is 2. The van der Waals surface area contributed by atoms with E-state index in [-0.39, 0.29) is 29.5 Å². The highest BCUT2D eigenvalue weighted by molar-refractivity contribution is 6.06. The Bertz CT molecular complexity index is 1270. The van der Waals surface area contributed by atoms with Crippen molar-refractivity contribution in [2.75, 3.05) is 37.0 Å². The van der Waals surface area contributed by atoms with Crippen LogP contribution in [-0.2, 0) is 11.8 Å². The van der Waals surface area contributed by atoms with Crippen molar-refractivity contribution >= 4 is 34.5 Å². The number of rotatable bonds is 6. The summed E-state index contributed by atoms with van der Waals surface area (Å²) >= 11 is 0. The maximum Gasteiger partial charge on any atom is 0.410 e. The Balaban J connectivity index is 1.47. The summed E-state index contributed by atoms with van der Waals surface area (Å²) < 4.78 is 12.9. The SMILES string of the molecule is CCOc1nc(N2CC[C@H](N(C)C(=O)OC(C)(C)C)C2)ncc1C(=O)Nc1ccc2nn(C)cc2c1. The molecule has 36 heavy (non-hydrogen) atoms. The zero-order chi connectivity index (χ0) is 26.0. The molecule has 1 fully saturated rings. The fourth-order valence-electron chi connectivity index (χ4n) is 4.06. The molecule has 0 unspecified atom stereocenters. The van der Waals surface area contributed by atoms with Crippen LogP contribution >= 0.6 is 0 Å². The molecule has 192 valence electrons. The van der Waals surface area contributed by atoms with Gasteiger partial charge in [0.05, 0.1) is 18.2 Å². The molecule has 0 saturated carbocycles. The predicted molar refractivity (Wildman–Crippen MR) is 136 cm³/mol. The third-order valence-corrected chi connectivity index (χ3v) is 5.82. The predicted octanol–water partition coefficient (Wildman–Crippen LogP) is 3.46. The van der Waals surface area contributed by atoms with Gasteiger partial charge in [0.15, 0.2) is 0 Å². The Hall–Kier alpha value is -3.89. The molecule has 3 heterocycles. The summed E-state index contributed by atoms with van der Waals surface area (Å²) in [6.45, 7) is 8.94. The van der Waals surface area contributed by atoms with E-state index in [0.29, 0.717) is 31.3 Å². The molecule has 1 atom stereocenters. The summed E-state index contributed by atoms with van der Waals surface area (Å²) in [6.07, 6.45) is 3.76. The zero-order valence-electron chi connectivity index (χ0n) is 21.6. The summed E-state index contributed by atoms with van der Waals surface area (Å²) in [7, 11) is 3.59. The van der Waals surface area contributed by atoms with Gasteiger partial charge >= 0.3 is 6.09 Å². The minimum absolute atomic E-state index is 0.0376. The van der Waals surface area contributed by atoms with E-state index in [4.69, 9.17) is 9.47 Å². The second-order valence-corrected chi connectivity index (χ2v) is 9.83. The van der Waals surface area contributed by atoms with E-state index in [9.17, 15) is 9.59 Å². The van der Waals surface area contributed by atoms with Gasteiger partial charge in [-0.1, -0.05) is 0 Å². The largest absolute Gasteiger partial charge is 0.477 e. The Morgan fingerprint density at radius 1 is 1.28 bits per heavy atom. The second-order valence-electron chi connectivity index (χ2n) is 9.83. The minimum Gasteiger partial charge on any atom is -0.477 e. The molecule has 1 N–H and O–H groups in total. The Kier molecular flexibility index (Phi) is 7.00. The average molecular weight is 496 g/mol. The van der Waals surface area contributed by atoms with Crippen LogP contribution in [0.15, 0.2) is 30.6 Å². The number of aromatic nitrogens is 4. The third-order valence-electron chi connectivity index (χ3n) is 5.82. The molecule has 1 aliphatic heterocycles. The van der Waals surface area contributed by atoms with E-state index in [1.165, 1.54) is 6.20 Å². The van der Waals surface area contributed by atoms with Crippen LogP contribution in [0.1, 0.15) is 44.5 Å². The summed E-state index contributed by atoms with van der Waals surface area (Å²) in [5, 5.41) is 8.17. The summed E-state index contributed by atoms with van der Waals surface area (Å²) in [5.74, 6) is 0.301. The molecule has 11 nitrogen and oxygen atoms in total. The van der Waals surface area contributed by atoms with Crippen molar-refractivity contribution in [2.24, 2.45) is 7.05 Å². The molecule has 2 aromatic heterocycles. The van der Waals surface area contributed by atoms with Gasteiger partial charge in [-0.2, -0.15) is 10.1 Å². The minimum atomic E-state index is -0.556. The van der Waals surface area contributed by atoms with Crippen molar-refractivity contribution < 1.29 is 19.1 Å². The molecule has 1 aliphatic rings. The van der Waals surface area contributed by atoms with Gasteiger partial charge in [-0.15, -0.1) is 0 Å². The fourth-order valence-corrected chi connectivity index (χ4v) is 4.06. The Morgan fingerprint density at radius 3 is 2.78 bits per heavy atom. The van der Waals surface area contributed by atoms with Crippen LogP contribution in [0, 0.1) is 0 Å². The lowest BCUT2D eigenvalue weighted by Gasteiger charge is -2.28. The smallest absolute Gasteiger partial charge is 0.410 e. The Morgan fingerprint density at radius 2 is 2.06 bits per heavy atom. The number of anilines is 2. The van der Waals surface area contributed by atoms with Gasteiger partial charge in [0, 0.05) is 50.7 Å². The number of hydrogen-bond donors (Lipinski definition) is 1. The van der Waals surface area contributed by atoms with Gasteiger partial charge in [0.25, 0.3) is 5.91 Å². The number of nitrogens with zero attached hydrogens (tertiary/aromatic N) is 6. The number of hydrogen-bond acceptors (Lipinski definition) is 8. The zero-order valence-corrected chi connectivity index (χ0v) is 21.6. The van der Waals surface area contributed by atoms with Crippen LogP contribution in [0.4, 0.5) is 16.4 Å². The molecule has 1 aromatic carbocycles. The topological polar surface area (TPSA) is 115 Å². The highest BCUT2D eigenvalue weighted by Crippen LogP contribution is 2.25. The van der Waals surface area contributed by atoms with Crippen molar-refractivity contribution in [3.8, 4) is 5.88 Å². The molecule has 11 heteroatoms. The summed E-state index contributed by atoms with van der Waals surface area (Å²) in [6, 6.07) is 5.48. The van der Waals surface area contributed by atoms with Gasteiger partial charge < -0.3 is 24.6 Å². The van der Waals surface area contributed by atoms with E-state index in [1.807, 2.05) is 58.0 Å². The third kappa shape index (κ3) is 5.67. The molecule has 0 aliphatic carbocycles. The van der Waals surface area contributed by atoms with Crippen LogP contribution in [0.5, 0.6) is 5.88 Å². The number of benzene rings is 1. The van der Waals surface area contributed by atoms with E-state index < -0.39 is 5.60 Å². The lowest BCUT2D eigenvalue weighted by molar-refractivity contribution is 0.0237. The highest BCUT2D eigenvalue weighted by Gasteiger charge is 2.32. The first kappa shape index (κ1) is 25.2. The van der Waals surface area contributed by atoms with Gasteiger partial charge in [0.1, 0.15) is 11.2 Å². The van der Waals surface area contributed by atoms with E-state index in [2.05, 4.69) is 20.4 Å².